The number of hydrogen-bond donors (Lipinski definition) is 1. The van der Waals surface area contributed by atoms with E-state index >= 15 is 0 Å². The molecule has 0 atom stereocenters. The molecule has 0 aromatic heterocycles. The van der Waals surface area contributed by atoms with Gasteiger partial charge in [0.25, 0.3) is 5.91 Å². The Hall–Kier alpha value is -0.850. The molecule has 0 radical (unpaired) electrons. The summed E-state index contributed by atoms with van der Waals surface area (Å²) in [6.07, 6.45) is 3.63. The Balaban J connectivity index is 0.000000837. The molecule has 1 amide bonds. The summed E-state index contributed by atoms with van der Waals surface area (Å²) in [4.78, 5) is 16.8. The number of nitriles is 1. The first-order valence-electron chi connectivity index (χ1n) is 10.1. The fraction of sp³-hybridized carbons (Fsp3) is 0.571. The van der Waals surface area contributed by atoms with Crippen LogP contribution in [0.5, 0.6) is 0 Å². The normalized spacial score (nSPS) is 22.6. The molecular weight excluding hydrogens is 516 g/mol. The third-order valence-corrected chi connectivity index (χ3v) is 6.20. The first-order valence-corrected chi connectivity index (χ1v) is 12.2. The number of anilines is 1. The van der Waals surface area contributed by atoms with E-state index in [1.807, 2.05) is 24.8 Å². The molecule has 1 saturated carbocycles. The number of aliphatic hydroxyl groups excluding tert-OH is 1. The molecule has 0 bridgehead atoms. The van der Waals surface area contributed by atoms with Crippen LogP contribution in [0.1, 0.15) is 45.1 Å². The Labute approximate surface area is 213 Å². The number of amides is 1. The van der Waals surface area contributed by atoms with Crippen molar-refractivity contribution in [3.05, 3.63) is 28.8 Å². The van der Waals surface area contributed by atoms with Crippen LogP contribution >= 0.6 is 58.6 Å². The van der Waals surface area contributed by atoms with E-state index in [1.165, 1.54) is 4.90 Å². The second-order valence-corrected chi connectivity index (χ2v) is 10.7. The molecule has 1 aromatic carbocycles. The topological polar surface area (TPSA) is 76.8 Å². The van der Waals surface area contributed by atoms with E-state index in [0.29, 0.717) is 28.0 Å². The Bertz CT molecular complexity index is 868. The second kappa shape index (κ2) is 12.0. The first-order chi connectivity index (χ1) is 15.0. The predicted molar refractivity (Wildman–Crippen MR) is 133 cm³/mol. The van der Waals surface area contributed by atoms with Crippen LogP contribution in [0.4, 0.5) is 5.69 Å². The Morgan fingerprint density at radius 2 is 1.88 bits per heavy atom. The lowest BCUT2D eigenvalue weighted by Crippen LogP contribution is -2.51. The molecule has 2 fully saturated rings. The number of carbonyl (C=O) groups excluding carboxylic acids is 1. The molecule has 176 valence electrons. The van der Waals surface area contributed by atoms with Crippen molar-refractivity contribution in [1.82, 2.24) is 4.90 Å². The Kier molecular flexibility index (Phi) is 10.3. The molecule has 32 heavy (non-hydrogen) atoms. The standard InChI is InChI=1S/C20H24ClN3O3S.CHCl3/c1-20(2)18(26)23(15-4-3-13(12-22)17(21)11-15)19(28)24(20)14-5-7-16(8-6-14)27-10-9-25;2-1(3)4/h3-4,11,14,16,25H,5-10H2,1-2H3;1H. The summed E-state index contributed by atoms with van der Waals surface area (Å²) >= 11 is 26.3. The highest BCUT2D eigenvalue weighted by Crippen LogP contribution is 2.38. The fourth-order valence-electron chi connectivity index (χ4n) is 4.07. The van der Waals surface area contributed by atoms with Crippen LogP contribution in [0.25, 0.3) is 0 Å². The van der Waals surface area contributed by atoms with Crippen LogP contribution in [-0.2, 0) is 9.53 Å². The molecule has 1 aromatic rings. The SMILES string of the molecule is CC1(C)C(=O)N(c2ccc(C#N)c(Cl)c2)C(=S)N1C1CCC(OCCO)CC1.ClC(Cl)Cl. The van der Waals surface area contributed by atoms with Gasteiger partial charge in [0, 0.05) is 6.04 Å². The molecule has 1 N–H and O–H groups in total. The average Bonchev–Trinajstić information content (AvgIpc) is 2.90. The van der Waals surface area contributed by atoms with Gasteiger partial charge in [-0.15, -0.1) is 0 Å². The predicted octanol–water partition coefficient (Wildman–Crippen LogP) is 5.23. The molecule has 6 nitrogen and oxygen atoms in total. The summed E-state index contributed by atoms with van der Waals surface area (Å²) < 4.78 is 4.90. The van der Waals surface area contributed by atoms with Crippen molar-refractivity contribution >= 4 is 75.3 Å². The van der Waals surface area contributed by atoms with Crippen LogP contribution in [0.2, 0.25) is 5.02 Å². The average molecular weight is 541 g/mol. The number of hydrogen-bond acceptors (Lipinski definition) is 5. The molecule has 3 rings (SSSR count). The van der Waals surface area contributed by atoms with Crippen molar-refractivity contribution in [2.24, 2.45) is 0 Å². The van der Waals surface area contributed by atoms with E-state index in [2.05, 4.69) is 0 Å². The smallest absolute Gasteiger partial charge is 0.258 e. The van der Waals surface area contributed by atoms with Gasteiger partial charge < -0.3 is 14.7 Å². The summed E-state index contributed by atoms with van der Waals surface area (Å²) in [6.45, 7) is 4.16. The van der Waals surface area contributed by atoms with Gasteiger partial charge in [-0.1, -0.05) is 46.4 Å². The lowest BCUT2D eigenvalue weighted by Gasteiger charge is -2.40. The fourth-order valence-corrected chi connectivity index (χ4v) is 4.86. The molecule has 1 aliphatic heterocycles. The number of aliphatic hydroxyl groups is 1. The first kappa shape index (κ1) is 27.4. The van der Waals surface area contributed by atoms with Crippen molar-refractivity contribution in [3.8, 4) is 6.07 Å². The zero-order valence-corrected chi connectivity index (χ0v) is 21.6. The number of ether oxygens (including phenoxy) is 1. The van der Waals surface area contributed by atoms with Crippen molar-refractivity contribution < 1.29 is 14.6 Å². The highest BCUT2D eigenvalue weighted by molar-refractivity contribution is 7.80. The highest BCUT2D eigenvalue weighted by atomic mass is 35.6. The van der Waals surface area contributed by atoms with Crippen molar-refractivity contribution in [3.63, 3.8) is 0 Å². The minimum Gasteiger partial charge on any atom is -0.394 e. The lowest BCUT2D eigenvalue weighted by molar-refractivity contribution is -0.124. The zero-order valence-electron chi connectivity index (χ0n) is 17.7. The largest absolute Gasteiger partial charge is 0.394 e. The third-order valence-electron chi connectivity index (χ3n) is 5.51. The monoisotopic (exact) mass is 539 g/mol. The number of thiocarbonyl (C=S) groups is 1. The van der Waals surface area contributed by atoms with Crippen molar-refractivity contribution in [1.29, 1.82) is 5.26 Å². The van der Waals surface area contributed by atoms with Crippen LogP contribution in [0, 0.1) is 11.3 Å². The molecule has 0 spiro atoms. The van der Waals surface area contributed by atoms with Crippen LogP contribution in [0.3, 0.4) is 0 Å². The van der Waals surface area contributed by atoms with Gasteiger partial charge in [0.15, 0.2) is 9.41 Å². The maximum absolute atomic E-state index is 13.2. The third kappa shape index (κ3) is 6.38. The van der Waals surface area contributed by atoms with E-state index in [9.17, 15) is 4.79 Å². The van der Waals surface area contributed by atoms with Gasteiger partial charge in [-0.3, -0.25) is 9.69 Å². The summed E-state index contributed by atoms with van der Waals surface area (Å²) in [6, 6.07) is 7.10. The highest BCUT2D eigenvalue weighted by Gasteiger charge is 2.52. The summed E-state index contributed by atoms with van der Waals surface area (Å²) in [5.74, 6) is -0.100. The molecule has 1 aliphatic carbocycles. The van der Waals surface area contributed by atoms with Crippen LogP contribution < -0.4 is 4.90 Å². The maximum atomic E-state index is 13.2. The van der Waals surface area contributed by atoms with Crippen LogP contribution in [-0.4, -0.2) is 56.2 Å². The lowest BCUT2D eigenvalue weighted by atomic mass is 9.89. The zero-order chi connectivity index (χ0) is 24.1. The Morgan fingerprint density at radius 1 is 1.28 bits per heavy atom. The van der Waals surface area contributed by atoms with Crippen LogP contribution in [0.15, 0.2) is 18.2 Å². The maximum Gasteiger partial charge on any atom is 0.258 e. The molecule has 2 aliphatic rings. The molecule has 1 saturated heterocycles. The second-order valence-electron chi connectivity index (χ2n) is 7.90. The molecule has 11 heteroatoms. The van der Waals surface area contributed by atoms with Crippen molar-refractivity contribution in [2.75, 3.05) is 18.1 Å². The van der Waals surface area contributed by atoms with Gasteiger partial charge in [0.2, 0.25) is 0 Å². The molecule has 1 heterocycles. The molecular formula is C21H25Cl4N3O3S. The number of alkyl halides is 3. The van der Waals surface area contributed by atoms with E-state index in [0.717, 1.165) is 25.7 Å². The van der Waals surface area contributed by atoms with Gasteiger partial charge in [-0.2, -0.15) is 5.26 Å². The number of rotatable bonds is 5. The van der Waals surface area contributed by atoms with Crippen molar-refractivity contribution in [2.45, 2.75) is 61.5 Å². The number of carbonyl (C=O) groups is 1. The Morgan fingerprint density at radius 3 is 2.38 bits per heavy atom. The van der Waals surface area contributed by atoms with E-state index in [-0.39, 0.29) is 24.7 Å². The van der Waals surface area contributed by atoms with Gasteiger partial charge >= 0.3 is 0 Å². The van der Waals surface area contributed by atoms with Gasteiger partial charge in [-0.25, -0.2) is 0 Å². The molecule has 0 unspecified atom stereocenters. The summed E-state index contributed by atoms with van der Waals surface area (Å²) in [5.41, 5.74) is 0.177. The van der Waals surface area contributed by atoms with E-state index in [4.69, 9.17) is 73.7 Å². The minimum atomic E-state index is -0.763. The van der Waals surface area contributed by atoms with Gasteiger partial charge in [0.1, 0.15) is 11.6 Å². The number of nitrogens with zero attached hydrogens (tertiary/aromatic N) is 3. The summed E-state index contributed by atoms with van der Waals surface area (Å²) in [7, 11) is 0. The van der Waals surface area contributed by atoms with E-state index < -0.39 is 9.83 Å². The number of halogens is 4. The minimum absolute atomic E-state index is 0.0276. The number of benzene rings is 1. The van der Waals surface area contributed by atoms with E-state index in [1.54, 1.807) is 18.2 Å². The summed E-state index contributed by atoms with van der Waals surface area (Å²) in [5, 5.41) is 18.8. The quantitative estimate of drug-likeness (QED) is 0.407. The van der Waals surface area contributed by atoms with Gasteiger partial charge in [-0.05, 0) is 69.9 Å². The van der Waals surface area contributed by atoms with Gasteiger partial charge in [0.05, 0.1) is 35.6 Å².